The number of benzene rings is 1. The summed E-state index contributed by atoms with van der Waals surface area (Å²) < 4.78 is 1.00. The summed E-state index contributed by atoms with van der Waals surface area (Å²) in [6, 6.07) is 10.9. The lowest BCUT2D eigenvalue weighted by molar-refractivity contribution is -1.01. The molecule has 17 heavy (non-hydrogen) atoms. The highest BCUT2D eigenvalue weighted by Crippen LogP contribution is 2.33. The number of likely N-dealkylation sites (N-methyl/N-ethyl adjacent to an activating group) is 1. The van der Waals surface area contributed by atoms with Gasteiger partial charge in [0.25, 0.3) is 0 Å². The first-order valence-electron chi connectivity index (χ1n) is 6.04. The molecule has 3 heteroatoms. The maximum Gasteiger partial charge on any atom is 0.0968 e. The summed E-state index contributed by atoms with van der Waals surface area (Å²) in [5.41, 5.74) is 1.78. The zero-order valence-corrected chi connectivity index (χ0v) is 13.4. The van der Waals surface area contributed by atoms with Crippen molar-refractivity contribution in [3.63, 3.8) is 0 Å². The molecule has 1 heterocycles. The zero-order chi connectivity index (χ0) is 11.8. The molecule has 96 valence electrons. The molecule has 1 aromatic rings. The normalized spacial score (nSPS) is 28.5. The van der Waals surface area contributed by atoms with E-state index in [1.54, 1.807) is 0 Å². The highest BCUT2D eigenvalue weighted by Gasteiger charge is 2.40. The monoisotopic (exact) mass is 346 g/mol. The largest absolute Gasteiger partial charge is 1.00 e. The van der Waals surface area contributed by atoms with Crippen LogP contribution < -0.4 is 24.0 Å². The summed E-state index contributed by atoms with van der Waals surface area (Å²) in [5.74, 6) is 0. The van der Waals surface area contributed by atoms with E-state index in [1.807, 2.05) is 0 Å². The molecule has 0 aliphatic carbocycles. The Morgan fingerprint density at radius 3 is 2.29 bits per heavy atom. The molecule has 0 N–H and O–H groups in total. The van der Waals surface area contributed by atoms with Gasteiger partial charge in [-0.05, 0) is 5.56 Å². The van der Waals surface area contributed by atoms with E-state index in [9.17, 15) is 0 Å². The Bertz CT molecular complexity index is 364. The smallest absolute Gasteiger partial charge is 0.0968 e. The van der Waals surface area contributed by atoms with E-state index in [2.05, 4.69) is 63.4 Å². The maximum atomic E-state index is 2.44. The van der Waals surface area contributed by atoms with Crippen LogP contribution in [0.2, 0.25) is 0 Å². The van der Waals surface area contributed by atoms with Crippen LogP contribution in [0.15, 0.2) is 30.3 Å². The first kappa shape index (κ1) is 14.9. The van der Waals surface area contributed by atoms with Gasteiger partial charge in [0, 0.05) is 18.9 Å². The van der Waals surface area contributed by atoms with Crippen molar-refractivity contribution in [1.29, 1.82) is 0 Å². The second kappa shape index (κ2) is 5.24. The maximum absolute atomic E-state index is 2.44. The van der Waals surface area contributed by atoms with Gasteiger partial charge in [0.1, 0.15) is 0 Å². The summed E-state index contributed by atoms with van der Waals surface area (Å²) in [6.45, 7) is 4.73. The van der Waals surface area contributed by atoms with Crippen LogP contribution in [0.4, 0.5) is 0 Å². The van der Waals surface area contributed by atoms with E-state index in [0.29, 0.717) is 5.41 Å². The molecule has 0 radical (unpaired) electrons. The number of halogens is 1. The second-order valence-electron chi connectivity index (χ2n) is 5.84. The van der Waals surface area contributed by atoms with Gasteiger partial charge in [-0.1, -0.05) is 37.3 Å². The molecule has 1 aliphatic rings. The van der Waals surface area contributed by atoms with Gasteiger partial charge >= 0.3 is 0 Å². The topological polar surface area (TPSA) is 3.24 Å². The van der Waals surface area contributed by atoms with E-state index in [4.69, 9.17) is 0 Å². The standard InChI is InChI=1S/C14H23N2.HI/c1-14(13-8-6-5-7-9-13)10-11-16(3,4)15(2)12-14;/h5-9H,10-12H2,1-4H3;1H/q+1;/p-1. The van der Waals surface area contributed by atoms with E-state index < -0.39 is 0 Å². The lowest BCUT2D eigenvalue weighted by Gasteiger charge is -2.48. The summed E-state index contributed by atoms with van der Waals surface area (Å²) in [5, 5.41) is 2.44. The summed E-state index contributed by atoms with van der Waals surface area (Å²) >= 11 is 0. The van der Waals surface area contributed by atoms with Crippen molar-refractivity contribution in [1.82, 2.24) is 5.01 Å². The molecule has 0 amide bonds. The molecular weight excluding hydrogens is 323 g/mol. The van der Waals surface area contributed by atoms with E-state index in [1.165, 1.54) is 18.5 Å². The third-order valence-corrected chi connectivity index (χ3v) is 4.18. The van der Waals surface area contributed by atoms with Crippen molar-refractivity contribution >= 4 is 0 Å². The van der Waals surface area contributed by atoms with Crippen molar-refractivity contribution in [2.75, 3.05) is 34.2 Å². The Kier molecular flexibility index (Phi) is 4.60. The minimum absolute atomic E-state index is 0. The third-order valence-electron chi connectivity index (χ3n) is 4.18. The average Bonchev–Trinajstić information content (AvgIpc) is 2.26. The Hall–Kier alpha value is -0.130. The van der Waals surface area contributed by atoms with Crippen LogP contribution in [0.1, 0.15) is 18.9 Å². The van der Waals surface area contributed by atoms with Gasteiger partial charge in [-0.3, -0.25) is 0 Å². The van der Waals surface area contributed by atoms with Gasteiger partial charge in [0.2, 0.25) is 0 Å². The summed E-state index contributed by atoms with van der Waals surface area (Å²) in [6.07, 6.45) is 1.26. The number of quaternary nitrogens is 1. The van der Waals surface area contributed by atoms with Crippen molar-refractivity contribution in [3.8, 4) is 0 Å². The predicted molar refractivity (Wildman–Crippen MR) is 68.0 cm³/mol. The van der Waals surface area contributed by atoms with E-state index >= 15 is 0 Å². The molecule has 1 unspecified atom stereocenters. The summed E-state index contributed by atoms with van der Waals surface area (Å²) in [4.78, 5) is 0. The average molecular weight is 346 g/mol. The molecule has 0 saturated carbocycles. The fourth-order valence-electron chi connectivity index (χ4n) is 2.54. The highest BCUT2D eigenvalue weighted by atomic mass is 127. The lowest BCUT2D eigenvalue weighted by Crippen LogP contribution is -3.00. The van der Waals surface area contributed by atoms with Crippen molar-refractivity contribution in [3.05, 3.63) is 35.9 Å². The van der Waals surface area contributed by atoms with Gasteiger partial charge in [-0.25, -0.2) is 4.59 Å². The molecule has 0 bridgehead atoms. The SMILES string of the molecule is CN1CC(C)(c2ccccc2)CC[N+]1(C)C.[I-]. The van der Waals surface area contributed by atoms with Gasteiger partial charge in [0.05, 0.1) is 27.2 Å². The Morgan fingerprint density at radius 1 is 1.18 bits per heavy atom. The summed E-state index contributed by atoms with van der Waals surface area (Å²) in [7, 11) is 6.79. The third kappa shape index (κ3) is 3.01. The van der Waals surface area contributed by atoms with Gasteiger partial charge in [-0.15, -0.1) is 0 Å². The van der Waals surface area contributed by atoms with Crippen LogP contribution in [0.5, 0.6) is 0 Å². The molecule has 1 atom stereocenters. The Morgan fingerprint density at radius 2 is 1.76 bits per heavy atom. The van der Waals surface area contributed by atoms with E-state index in [0.717, 1.165) is 11.1 Å². The zero-order valence-electron chi connectivity index (χ0n) is 11.3. The molecule has 1 saturated heterocycles. The van der Waals surface area contributed by atoms with Crippen LogP contribution in [0, 0.1) is 0 Å². The van der Waals surface area contributed by atoms with Crippen LogP contribution in [-0.4, -0.2) is 43.8 Å². The molecule has 2 rings (SSSR count). The quantitative estimate of drug-likeness (QED) is 0.479. The van der Waals surface area contributed by atoms with Crippen LogP contribution in [-0.2, 0) is 5.41 Å². The van der Waals surface area contributed by atoms with Gasteiger partial charge in [0.15, 0.2) is 0 Å². The fraction of sp³-hybridized carbons (Fsp3) is 0.571. The Labute approximate surface area is 122 Å². The number of hydrogen-bond donors (Lipinski definition) is 0. The minimum Gasteiger partial charge on any atom is -1.00 e. The second-order valence-corrected chi connectivity index (χ2v) is 5.84. The highest BCUT2D eigenvalue weighted by molar-refractivity contribution is 5.25. The van der Waals surface area contributed by atoms with Gasteiger partial charge < -0.3 is 24.0 Å². The van der Waals surface area contributed by atoms with Gasteiger partial charge in [-0.2, -0.15) is 5.01 Å². The molecule has 2 nitrogen and oxygen atoms in total. The number of hydrogen-bond acceptors (Lipinski definition) is 1. The van der Waals surface area contributed by atoms with Crippen molar-refractivity contribution in [2.45, 2.75) is 18.8 Å². The first-order chi connectivity index (χ1) is 7.44. The predicted octanol–water partition coefficient (Wildman–Crippen LogP) is -0.725. The van der Waals surface area contributed by atoms with Crippen molar-refractivity contribution in [2.24, 2.45) is 0 Å². The first-order valence-corrected chi connectivity index (χ1v) is 6.04. The fourth-order valence-corrected chi connectivity index (χ4v) is 2.54. The molecule has 1 aromatic carbocycles. The number of nitrogens with zero attached hydrogens (tertiary/aromatic N) is 2. The van der Waals surface area contributed by atoms with Crippen LogP contribution in [0.25, 0.3) is 0 Å². The molecule has 1 fully saturated rings. The lowest BCUT2D eigenvalue weighted by atomic mass is 9.78. The van der Waals surface area contributed by atoms with Crippen molar-refractivity contribution < 1.29 is 28.6 Å². The van der Waals surface area contributed by atoms with Crippen LogP contribution >= 0.6 is 0 Å². The minimum atomic E-state index is 0. The number of rotatable bonds is 1. The molecule has 0 spiro atoms. The molecular formula is C14H23IN2. The van der Waals surface area contributed by atoms with Crippen LogP contribution in [0.3, 0.4) is 0 Å². The molecule has 1 aliphatic heterocycles. The van der Waals surface area contributed by atoms with E-state index in [-0.39, 0.29) is 24.0 Å². The molecule has 0 aromatic heterocycles. The Balaban J connectivity index is 0.00000144.